The largest absolute Gasteiger partial charge is 0.480 e. The van der Waals surface area contributed by atoms with Crippen LogP contribution in [0, 0.1) is 0 Å². The fourth-order valence-corrected chi connectivity index (χ4v) is 1.81. The number of carboxylic acid groups (broad SMARTS) is 1. The van der Waals surface area contributed by atoms with E-state index in [1.807, 2.05) is 0 Å². The van der Waals surface area contributed by atoms with E-state index in [1.54, 1.807) is 42.6 Å². The fraction of sp³-hybridized carbons (Fsp3) is 0.143. The molecule has 1 atom stereocenters. The predicted octanol–water partition coefficient (Wildman–Crippen LogP) is 0.996. The number of benzene rings is 1. The van der Waals surface area contributed by atoms with Gasteiger partial charge in [-0.1, -0.05) is 24.3 Å². The van der Waals surface area contributed by atoms with Gasteiger partial charge < -0.3 is 15.8 Å². The summed E-state index contributed by atoms with van der Waals surface area (Å²) in [5.74, 6) is -1.02. The number of H-pyrrole nitrogens is 1. The number of pyridine rings is 1. The highest BCUT2D eigenvalue weighted by Crippen LogP contribution is 2.16. The van der Waals surface area contributed by atoms with E-state index in [9.17, 15) is 9.59 Å². The minimum absolute atomic E-state index is 0.155. The summed E-state index contributed by atoms with van der Waals surface area (Å²) in [6, 6.07) is 9.71. The number of rotatable bonds is 4. The lowest BCUT2D eigenvalue weighted by molar-refractivity contribution is -0.138. The normalized spacial score (nSPS) is 12.1. The Morgan fingerprint density at radius 1 is 1.26 bits per heavy atom. The maximum Gasteiger partial charge on any atom is 0.320 e. The molecule has 0 spiro atoms. The summed E-state index contributed by atoms with van der Waals surface area (Å²) < 4.78 is 0. The van der Waals surface area contributed by atoms with Gasteiger partial charge in [-0.25, -0.2) is 0 Å². The maximum atomic E-state index is 11.6. The van der Waals surface area contributed by atoms with E-state index in [2.05, 4.69) is 4.98 Å². The van der Waals surface area contributed by atoms with Crippen molar-refractivity contribution in [2.75, 3.05) is 0 Å². The number of nitrogens with one attached hydrogen (secondary N) is 1. The molecule has 1 heterocycles. The zero-order chi connectivity index (χ0) is 13.8. The highest BCUT2D eigenvalue weighted by molar-refractivity contribution is 5.73. The van der Waals surface area contributed by atoms with E-state index in [0.29, 0.717) is 5.56 Å². The number of hydrogen-bond donors (Lipinski definition) is 3. The standard InChI is InChI=1S/C14H14N2O3/c15-12(14(18)19)8-9-3-5-10(6-4-9)11-2-1-7-16-13(11)17/h1-7,12H,8,15H2,(H,16,17)(H,18,19). The molecule has 0 aliphatic carbocycles. The van der Waals surface area contributed by atoms with Crippen LogP contribution in [0.2, 0.25) is 0 Å². The molecule has 19 heavy (non-hydrogen) atoms. The van der Waals surface area contributed by atoms with Gasteiger partial charge in [0.05, 0.1) is 0 Å². The van der Waals surface area contributed by atoms with Crippen LogP contribution in [0.15, 0.2) is 47.4 Å². The average Bonchev–Trinajstić information content (AvgIpc) is 2.40. The van der Waals surface area contributed by atoms with E-state index in [0.717, 1.165) is 11.1 Å². The molecule has 1 aromatic carbocycles. The second-order valence-corrected chi connectivity index (χ2v) is 4.26. The van der Waals surface area contributed by atoms with Crippen molar-refractivity contribution in [3.8, 4) is 11.1 Å². The minimum atomic E-state index is -1.02. The molecule has 98 valence electrons. The molecule has 0 fully saturated rings. The maximum absolute atomic E-state index is 11.6. The van der Waals surface area contributed by atoms with Crippen LogP contribution in [0.5, 0.6) is 0 Å². The Morgan fingerprint density at radius 2 is 1.95 bits per heavy atom. The molecule has 5 nitrogen and oxygen atoms in total. The van der Waals surface area contributed by atoms with Crippen molar-refractivity contribution in [2.24, 2.45) is 5.73 Å². The minimum Gasteiger partial charge on any atom is -0.480 e. The second kappa shape index (κ2) is 5.49. The first-order chi connectivity index (χ1) is 9.08. The highest BCUT2D eigenvalue weighted by Gasteiger charge is 2.12. The van der Waals surface area contributed by atoms with Crippen molar-refractivity contribution < 1.29 is 9.90 Å². The molecule has 2 aromatic rings. The molecule has 0 saturated heterocycles. The molecular weight excluding hydrogens is 244 g/mol. The van der Waals surface area contributed by atoms with Crippen molar-refractivity contribution in [3.63, 3.8) is 0 Å². The van der Waals surface area contributed by atoms with Crippen LogP contribution < -0.4 is 11.3 Å². The monoisotopic (exact) mass is 258 g/mol. The van der Waals surface area contributed by atoms with E-state index < -0.39 is 12.0 Å². The molecule has 0 saturated carbocycles. The molecule has 0 bridgehead atoms. The van der Waals surface area contributed by atoms with Gasteiger partial charge in [0.1, 0.15) is 6.04 Å². The summed E-state index contributed by atoms with van der Waals surface area (Å²) in [5.41, 5.74) is 7.50. The lowest BCUT2D eigenvalue weighted by Crippen LogP contribution is -2.32. The van der Waals surface area contributed by atoms with Crippen molar-refractivity contribution >= 4 is 5.97 Å². The molecule has 0 aliphatic rings. The van der Waals surface area contributed by atoms with E-state index in [4.69, 9.17) is 10.8 Å². The van der Waals surface area contributed by atoms with Crippen LogP contribution in [0.4, 0.5) is 0 Å². The van der Waals surface area contributed by atoms with Gasteiger partial charge in [-0.2, -0.15) is 0 Å². The molecule has 0 amide bonds. The first-order valence-electron chi connectivity index (χ1n) is 5.83. The first-order valence-corrected chi connectivity index (χ1v) is 5.83. The summed E-state index contributed by atoms with van der Waals surface area (Å²) in [7, 11) is 0. The Balaban J connectivity index is 2.22. The number of carboxylic acids is 1. The summed E-state index contributed by atoms with van der Waals surface area (Å²) >= 11 is 0. The zero-order valence-corrected chi connectivity index (χ0v) is 10.2. The number of aromatic nitrogens is 1. The van der Waals surface area contributed by atoms with Crippen molar-refractivity contribution in [3.05, 3.63) is 58.5 Å². The molecule has 0 radical (unpaired) electrons. The molecule has 4 N–H and O–H groups in total. The Bertz CT molecular complexity index is 632. The topological polar surface area (TPSA) is 96.2 Å². The summed E-state index contributed by atoms with van der Waals surface area (Å²) in [5, 5.41) is 8.74. The zero-order valence-electron chi connectivity index (χ0n) is 10.2. The van der Waals surface area contributed by atoms with Crippen molar-refractivity contribution in [1.29, 1.82) is 0 Å². The van der Waals surface area contributed by atoms with Crippen LogP contribution in [0.3, 0.4) is 0 Å². The molecule has 2 rings (SSSR count). The Labute approximate surface area is 109 Å². The fourth-order valence-electron chi connectivity index (χ4n) is 1.81. The van der Waals surface area contributed by atoms with Gasteiger partial charge in [-0.15, -0.1) is 0 Å². The van der Waals surface area contributed by atoms with Gasteiger partial charge in [-0.3, -0.25) is 9.59 Å². The molecule has 5 heteroatoms. The lowest BCUT2D eigenvalue weighted by Gasteiger charge is -2.07. The Hall–Kier alpha value is -2.40. The van der Waals surface area contributed by atoms with Gasteiger partial charge in [0.15, 0.2) is 0 Å². The highest BCUT2D eigenvalue weighted by atomic mass is 16.4. The van der Waals surface area contributed by atoms with Gasteiger partial charge >= 0.3 is 5.97 Å². The average molecular weight is 258 g/mol. The van der Waals surface area contributed by atoms with Crippen LogP contribution in [0.1, 0.15) is 5.56 Å². The van der Waals surface area contributed by atoms with Gasteiger partial charge in [0.2, 0.25) is 0 Å². The van der Waals surface area contributed by atoms with Gasteiger partial charge in [0, 0.05) is 11.8 Å². The van der Waals surface area contributed by atoms with Crippen LogP contribution in [-0.2, 0) is 11.2 Å². The number of carbonyl (C=O) groups is 1. The molecule has 1 aromatic heterocycles. The summed E-state index contributed by atoms with van der Waals surface area (Å²) in [4.78, 5) is 24.9. The first kappa shape index (κ1) is 13.0. The molecule has 1 unspecified atom stereocenters. The van der Waals surface area contributed by atoms with Crippen molar-refractivity contribution in [2.45, 2.75) is 12.5 Å². The predicted molar refractivity (Wildman–Crippen MR) is 71.8 cm³/mol. The van der Waals surface area contributed by atoms with E-state index >= 15 is 0 Å². The SMILES string of the molecule is NC(Cc1ccc(-c2ccc[nH]c2=O)cc1)C(=O)O. The quantitative estimate of drug-likeness (QED) is 0.762. The smallest absolute Gasteiger partial charge is 0.320 e. The van der Waals surface area contributed by atoms with Gasteiger partial charge in [0.25, 0.3) is 5.56 Å². The second-order valence-electron chi connectivity index (χ2n) is 4.26. The van der Waals surface area contributed by atoms with E-state index in [1.165, 1.54) is 0 Å². The number of aromatic amines is 1. The summed E-state index contributed by atoms with van der Waals surface area (Å²) in [6.07, 6.45) is 1.84. The van der Waals surface area contributed by atoms with Crippen LogP contribution in [0.25, 0.3) is 11.1 Å². The van der Waals surface area contributed by atoms with Gasteiger partial charge in [-0.05, 0) is 29.7 Å². The molecule has 0 aliphatic heterocycles. The van der Waals surface area contributed by atoms with Crippen LogP contribution in [-0.4, -0.2) is 22.1 Å². The third-order valence-electron chi connectivity index (χ3n) is 2.86. The molecular formula is C14H14N2O3. The van der Waals surface area contributed by atoms with E-state index in [-0.39, 0.29) is 12.0 Å². The number of nitrogens with two attached hydrogens (primary N) is 1. The number of aliphatic carboxylic acids is 1. The third-order valence-corrected chi connectivity index (χ3v) is 2.86. The Kier molecular flexibility index (Phi) is 3.77. The van der Waals surface area contributed by atoms with Crippen molar-refractivity contribution in [1.82, 2.24) is 4.98 Å². The lowest BCUT2D eigenvalue weighted by atomic mass is 10.0. The third kappa shape index (κ3) is 3.08. The van der Waals surface area contributed by atoms with Crippen LogP contribution >= 0.6 is 0 Å². The number of hydrogen-bond acceptors (Lipinski definition) is 3. The summed E-state index contributed by atoms with van der Waals surface area (Å²) in [6.45, 7) is 0. The Morgan fingerprint density at radius 3 is 2.53 bits per heavy atom.